The Morgan fingerprint density at radius 3 is 2.54 bits per heavy atom. The number of pyridine rings is 1. The third-order valence-corrected chi connectivity index (χ3v) is 4.39. The van der Waals surface area contributed by atoms with Crippen LogP contribution in [0.4, 0.5) is 0 Å². The molecule has 0 fully saturated rings. The molecule has 0 bridgehead atoms. The van der Waals surface area contributed by atoms with Crippen LogP contribution in [0.3, 0.4) is 0 Å². The van der Waals surface area contributed by atoms with Gasteiger partial charge in [-0.1, -0.05) is 48.5 Å². The van der Waals surface area contributed by atoms with Gasteiger partial charge in [-0.2, -0.15) is 5.10 Å². The van der Waals surface area contributed by atoms with Crippen LogP contribution in [0.15, 0.2) is 84.1 Å². The molecule has 0 unspecified atom stereocenters. The van der Waals surface area contributed by atoms with Gasteiger partial charge in [0, 0.05) is 6.20 Å². The van der Waals surface area contributed by atoms with Crippen molar-refractivity contribution in [1.82, 2.24) is 20.0 Å². The van der Waals surface area contributed by atoms with Crippen molar-refractivity contribution < 1.29 is 4.79 Å². The minimum absolute atomic E-state index is 0.0952. The number of hydrazone groups is 1. The van der Waals surface area contributed by atoms with Gasteiger partial charge in [0.25, 0.3) is 5.91 Å². The van der Waals surface area contributed by atoms with Gasteiger partial charge in [-0.25, -0.2) is 10.4 Å². The highest BCUT2D eigenvalue weighted by Crippen LogP contribution is 2.23. The molecule has 2 aromatic carbocycles. The van der Waals surface area contributed by atoms with E-state index in [4.69, 9.17) is 0 Å². The molecule has 0 radical (unpaired) electrons. The van der Waals surface area contributed by atoms with Gasteiger partial charge in [-0.05, 0) is 36.8 Å². The lowest BCUT2D eigenvalue weighted by Gasteiger charge is -2.08. The average Bonchev–Trinajstić information content (AvgIpc) is 3.12. The van der Waals surface area contributed by atoms with Crippen molar-refractivity contribution in [3.05, 3.63) is 84.6 Å². The summed E-state index contributed by atoms with van der Waals surface area (Å²) in [4.78, 5) is 21.6. The predicted octanol–water partition coefficient (Wildman–Crippen LogP) is 3.64. The van der Waals surface area contributed by atoms with Crippen LogP contribution in [-0.4, -0.2) is 26.2 Å². The number of nitrogens with zero attached hydrogens (tertiary/aromatic N) is 4. The number of fused-ring (bicyclic) bond motifs is 1. The number of hydrogen-bond donors (Lipinski definition) is 1. The molecule has 0 saturated heterocycles. The SMILES string of the molecule is C/C(=N/NC(=O)Cn1c(-c2ccccn2)nc2ccccc21)c1ccccc1. The Hall–Kier alpha value is -3.80. The van der Waals surface area contributed by atoms with E-state index < -0.39 is 0 Å². The van der Waals surface area contributed by atoms with Crippen molar-refractivity contribution in [1.29, 1.82) is 0 Å². The number of amides is 1. The zero-order valence-electron chi connectivity index (χ0n) is 15.4. The fourth-order valence-electron chi connectivity index (χ4n) is 3.00. The molecule has 0 saturated carbocycles. The quantitative estimate of drug-likeness (QED) is 0.431. The number of carbonyl (C=O) groups excluding carboxylic acids is 1. The van der Waals surface area contributed by atoms with E-state index in [1.54, 1.807) is 6.20 Å². The first kappa shape index (κ1) is 17.6. The highest BCUT2D eigenvalue weighted by atomic mass is 16.2. The summed E-state index contributed by atoms with van der Waals surface area (Å²) in [7, 11) is 0. The molecule has 0 aliphatic rings. The van der Waals surface area contributed by atoms with Gasteiger partial charge in [0.2, 0.25) is 0 Å². The molecular weight excluding hydrogens is 350 g/mol. The Kier molecular flexibility index (Phi) is 4.93. The van der Waals surface area contributed by atoms with Gasteiger partial charge >= 0.3 is 0 Å². The summed E-state index contributed by atoms with van der Waals surface area (Å²) in [5.41, 5.74) is 6.76. The van der Waals surface area contributed by atoms with Crippen LogP contribution in [-0.2, 0) is 11.3 Å². The van der Waals surface area contributed by atoms with Crippen LogP contribution in [0.25, 0.3) is 22.6 Å². The van der Waals surface area contributed by atoms with Crippen LogP contribution < -0.4 is 5.43 Å². The van der Waals surface area contributed by atoms with Crippen molar-refractivity contribution in [2.75, 3.05) is 0 Å². The number of imidazole rings is 1. The standard InChI is InChI=1S/C22H19N5O/c1-16(17-9-3-2-4-10-17)25-26-21(28)15-27-20-13-6-5-11-18(20)24-22(27)19-12-7-8-14-23-19/h2-14H,15H2,1H3,(H,26,28)/b25-16-. The number of para-hydroxylation sites is 2. The normalized spacial score (nSPS) is 11.5. The second-order valence-electron chi connectivity index (χ2n) is 6.32. The minimum Gasteiger partial charge on any atom is -0.313 e. The molecule has 4 rings (SSSR count). The molecule has 0 aliphatic heterocycles. The molecule has 0 aliphatic carbocycles. The van der Waals surface area contributed by atoms with Crippen LogP contribution in [0.1, 0.15) is 12.5 Å². The van der Waals surface area contributed by atoms with Gasteiger partial charge in [-0.3, -0.25) is 9.78 Å². The van der Waals surface area contributed by atoms with E-state index in [0.29, 0.717) is 5.82 Å². The number of carbonyl (C=O) groups is 1. The number of rotatable bonds is 5. The first-order valence-electron chi connectivity index (χ1n) is 8.97. The number of hydrogen-bond acceptors (Lipinski definition) is 4. The Balaban J connectivity index is 1.61. The summed E-state index contributed by atoms with van der Waals surface area (Å²) in [5, 5.41) is 4.23. The molecule has 2 aromatic heterocycles. The summed E-state index contributed by atoms with van der Waals surface area (Å²) in [6.07, 6.45) is 1.71. The van der Waals surface area contributed by atoms with Gasteiger partial charge in [0.15, 0.2) is 5.82 Å². The maximum atomic E-state index is 12.6. The second kappa shape index (κ2) is 7.84. The summed E-state index contributed by atoms with van der Waals surface area (Å²) >= 11 is 0. The maximum absolute atomic E-state index is 12.6. The number of nitrogens with one attached hydrogen (secondary N) is 1. The van der Waals surface area contributed by atoms with Crippen molar-refractivity contribution in [2.45, 2.75) is 13.5 Å². The molecule has 2 heterocycles. The molecule has 6 nitrogen and oxygen atoms in total. The van der Waals surface area contributed by atoms with E-state index in [-0.39, 0.29) is 12.5 Å². The fraction of sp³-hybridized carbons (Fsp3) is 0.0909. The van der Waals surface area contributed by atoms with Gasteiger partial charge in [0.05, 0.1) is 16.7 Å². The average molecular weight is 369 g/mol. The van der Waals surface area contributed by atoms with E-state index >= 15 is 0 Å². The molecule has 4 aromatic rings. The van der Waals surface area contributed by atoms with Crippen molar-refractivity contribution in [3.63, 3.8) is 0 Å². The molecular formula is C22H19N5O. The van der Waals surface area contributed by atoms with Crippen LogP contribution >= 0.6 is 0 Å². The van der Waals surface area contributed by atoms with Gasteiger partial charge in [0.1, 0.15) is 12.2 Å². The molecule has 1 N–H and O–H groups in total. The lowest BCUT2D eigenvalue weighted by Crippen LogP contribution is -2.24. The Morgan fingerprint density at radius 2 is 1.75 bits per heavy atom. The Bertz CT molecular complexity index is 1130. The molecule has 1 amide bonds. The van der Waals surface area contributed by atoms with Crippen LogP contribution in [0.5, 0.6) is 0 Å². The van der Waals surface area contributed by atoms with E-state index in [2.05, 4.69) is 20.5 Å². The van der Waals surface area contributed by atoms with E-state index in [1.807, 2.05) is 84.3 Å². The first-order chi connectivity index (χ1) is 13.7. The Morgan fingerprint density at radius 1 is 1.00 bits per heavy atom. The predicted molar refractivity (Wildman–Crippen MR) is 110 cm³/mol. The number of aromatic nitrogens is 3. The summed E-state index contributed by atoms with van der Waals surface area (Å²) in [6, 6.07) is 23.1. The molecule has 28 heavy (non-hydrogen) atoms. The molecule has 138 valence electrons. The Labute approximate surface area is 162 Å². The first-order valence-corrected chi connectivity index (χ1v) is 8.97. The molecule has 0 spiro atoms. The zero-order valence-corrected chi connectivity index (χ0v) is 15.4. The topological polar surface area (TPSA) is 72.2 Å². The highest BCUT2D eigenvalue weighted by Gasteiger charge is 2.15. The minimum atomic E-state index is -0.226. The third kappa shape index (κ3) is 3.66. The van der Waals surface area contributed by atoms with E-state index in [0.717, 1.165) is 28.0 Å². The van der Waals surface area contributed by atoms with Crippen LogP contribution in [0.2, 0.25) is 0 Å². The van der Waals surface area contributed by atoms with Crippen molar-refractivity contribution in [2.24, 2.45) is 5.10 Å². The summed E-state index contributed by atoms with van der Waals surface area (Å²) in [5.74, 6) is 0.427. The van der Waals surface area contributed by atoms with E-state index in [9.17, 15) is 4.79 Å². The van der Waals surface area contributed by atoms with Crippen molar-refractivity contribution in [3.8, 4) is 11.5 Å². The monoisotopic (exact) mass is 369 g/mol. The zero-order chi connectivity index (χ0) is 19.3. The molecule has 6 heteroatoms. The highest BCUT2D eigenvalue weighted by molar-refractivity contribution is 5.99. The van der Waals surface area contributed by atoms with E-state index in [1.165, 1.54) is 0 Å². The maximum Gasteiger partial charge on any atom is 0.260 e. The smallest absolute Gasteiger partial charge is 0.260 e. The second-order valence-corrected chi connectivity index (χ2v) is 6.32. The summed E-state index contributed by atoms with van der Waals surface area (Å²) < 4.78 is 1.86. The van der Waals surface area contributed by atoms with Crippen molar-refractivity contribution >= 4 is 22.7 Å². The molecule has 0 atom stereocenters. The lowest BCUT2D eigenvalue weighted by atomic mass is 10.1. The van der Waals surface area contributed by atoms with Gasteiger partial charge in [-0.15, -0.1) is 0 Å². The van der Waals surface area contributed by atoms with Gasteiger partial charge < -0.3 is 4.57 Å². The van der Waals surface area contributed by atoms with Crippen LogP contribution in [0, 0.1) is 0 Å². The number of benzene rings is 2. The third-order valence-electron chi connectivity index (χ3n) is 4.39. The largest absolute Gasteiger partial charge is 0.313 e. The summed E-state index contributed by atoms with van der Waals surface area (Å²) in [6.45, 7) is 1.96. The fourth-order valence-corrected chi connectivity index (χ4v) is 3.00. The lowest BCUT2D eigenvalue weighted by molar-refractivity contribution is -0.121.